The Labute approximate surface area is 125 Å². The van der Waals surface area contributed by atoms with E-state index in [-0.39, 0.29) is 0 Å². The maximum atomic E-state index is 6.15. The Morgan fingerprint density at radius 3 is 2.67 bits per heavy atom. The molecule has 2 rings (SSSR count). The van der Waals surface area contributed by atoms with Crippen LogP contribution in [0.15, 0.2) is 40.9 Å². The fraction of sp³-hybridized carbons (Fsp3) is 0.143. The number of rotatable bonds is 3. The average Bonchev–Trinajstić information content (AvgIpc) is 2.34. The van der Waals surface area contributed by atoms with Gasteiger partial charge in [0.05, 0.1) is 10.9 Å². The highest BCUT2D eigenvalue weighted by molar-refractivity contribution is 9.10. The summed E-state index contributed by atoms with van der Waals surface area (Å²) in [5.74, 6) is 1.77. The van der Waals surface area contributed by atoms with Crippen LogP contribution in [-0.2, 0) is 5.88 Å². The summed E-state index contributed by atoms with van der Waals surface area (Å²) in [6, 6.07) is 11.4. The van der Waals surface area contributed by atoms with Gasteiger partial charge in [0.1, 0.15) is 11.5 Å². The van der Waals surface area contributed by atoms with Crippen LogP contribution in [0.3, 0.4) is 0 Å². The first-order valence-corrected chi connectivity index (χ1v) is 7.09. The van der Waals surface area contributed by atoms with E-state index in [2.05, 4.69) is 15.9 Å². The van der Waals surface area contributed by atoms with Crippen molar-refractivity contribution >= 4 is 39.1 Å². The Balaban J connectivity index is 2.39. The van der Waals surface area contributed by atoms with Gasteiger partial charge in [-0.25, -0.2) is 0 Å². The van der Waals surface area contributed by atoms with Gasteiger partial charge < -0.3 is 4.74 Å². The molecule has 0 aliphatic carbocycles. The van der Waals surface area contributed by atoms with E-state index in [9.17, 15) is 0 Å². The molecule has 0 aliphatic rings. The third-order valence-corrected chi connectivity index (χ3v) is 3.62. The molecule has 94 valence electrons. The minimum atomic E-state index is 0.367. The van der Waals surface area contributed by atoms with Gasteiger partial charge in [0, 0.05) is 10.0 Å². The molecule has 0 saturated carbocycles. The van der Waals surface area contributed by atoms with Crippen LogP contribution < -0.4 is 4.74 Å². The first-order chi connectivity index (χ1) is 8.61. The van der Waals surface area contributed by atoms with E-state index in [4.69, 9.17) is 27.9 Å². The van der Waals surface area contributed by atoms with Gasteiger partial charge >= 0.3 is 0 Å². The minimum absolute atomic E-state index is 0.367. The molecule has 0 N–H and O–H groups in total. The second-order valence-corrected chi connectivity index (χ2v) is 5.46. The first kappa shape index (κ1) is 13.7. The third kappa shape index (κ3) is 3.00. The normalized spacial score (nSPS) is 10.4. The number of hydrogen-bond donors (Lipinski definition) is 0. The molecule has 0 spiro atoms. The maximum Gasteiger partial charge on any atom is 0.150 e. The summed E-state index contributed by atoms with van der Waals surface area (Å²) in [5.41, 5.74) is 1.91. The zero-order valence-electron chi connectivity index (χ0n) is 9.71. The molecular weight excluding hydrogens is 335 g/mol. The molecule has 0 amide bonds. The summed E-state index contributed by atoms with van der Waals surface area (Å²) >= 11 is 15.5. The van der Waals surface area contributed by atoms with Crippen molar-refractivity contribution in [3.05, 3.63) is 57.0 Å². The van der Waals surface area contributed by atoms with E-state index in [0.29, 0.717) is 16.7 Å². The van der Waals surface area contributed by atoms with Crippen LogP contribution in [0.5, 0.6) is 11.5 Å². The number of alkyl halides is 1. The highest BCUT2D eigenvalue weighted by Gasteiger charge is 2.10. The smallest absolute Gasteiger partial charge is 0.150 e. The first-order valence-electron chi connectivity index (χ1n) is 5.39. The molecule has 0 aliphatic heterocycles. The second-order valence-electron chi connectivity index (χ2n) is 3.87. The number of para-hydroxylation sites is 1. The van der Waals surface area contributed by atoms with Crippen molar-refractivity contribution in [1.29, 1.82) is 0 Å². The monoisotopic (exact) mass is 344 g/mol. The van der Waals surface area contributed by atoms with Crippen molar-refractivity contribution in [3.63, 3.8) is 0 Å². The largest absolute Gasteiger partial charge is 0.455 e. The molecule has 0 fully saturated rings. The summed E-state index contributed by atoms with van der Waals surface area (Å²) in [7, 11) is 0. The number of benzene rings is 2. The standard InChI is InChI=1S/C14H11BrCl2O/c1-9-7-11(15)5-6-13(9)18-14-10(8-16)3-2-4-12(14)17/h2-7H,8H2,1H3. The lowest BCUT2D eigenvalue weighted by Crippen LogP contribution is -1.92. The van der Waals surface area contributed by atoms with Gasteiger partial charge in [-0.2, -0.15) is 0 Å². The van der Waals surface area contributed by atoms with Crippen molar-refractivity contribution in [1.82, 2.24) is 0 Å². The van der Waals surface area contributed by atoms with Gasteiger partial charge in [0.25, 0.3) is 0 Å². The molecule has 1 nitrogen and oxygen atoms in total. The van der Waals surface area contributed by atoms with Gasteiger partial charge in [-0.05, 0) is 36.8 Å². The molecule has 0 radical (unpaired) electrons. The number of ether oxygens (including phenoxy) is 1. The van der Waals surface area contributed by atoms with Crippen LogP contribution >= 0.6 is 39.1 Å². The molecule has 2 aromatic rings. The molecule has 0 bridgehead atoms. The molecule has 0 heterocycles. The molecule has 0 saturated heterocycles. The number of hydrogen-bond acceptors (Lipinski definition) is 1. The van der Waals surface area contributed by atoms with Crippen LogP contribution in [0, 0.1) is 6.92 Å². The maximum absolute atomic E-state index is 6.15. The van der Waals surface area contributed by atoms with Crippen LogP contribution in [0.4, 0.5) is 0 Å². The van der Waals surface area contributed by atoms with Crippen LogP contribution in [0.25, 0.3) is 0 Å². The van der Waals surface area contributed by atoms with Gasteiger partial charge in [-0.1, -0.05) is 39.7 Å². The summed E-state index contributed by atoms with van der Waals surface area (Å²) in [4.78, 5) is 0. The fourth-order valence-electron chi connectivity index (χ4n) is 1.61. The Morgan fingerprint density at radius 2 is 2.00 bits per heavy atom. The van der Waals surface area contributed by atoms with Gasteiger partial charge in [-0.3, -0.25) is 0 Å². The zero-order chi connectivity index (χ0) is 13.1. The summed E-state index contributed by atoms with van der Waals surface area (Å²) in [6.07, 6.45) is 0. The van der Waals surface area contributed by atoms with E-state index in [1.54, 1.807) is 6.07 Å². The zero-order valence-corrected chi connectivity index (χ0v) is 12.8. The van der Waals surface area contributed by atoms with Crippen molar-refractivity contribution in [2.45, 2.75) is 12.8 Å². The van der Waals surface area contributed by atoms with Crippen molar-refractivity contribution < 1.29 is 4.74 Å². The molecule has 0 aromatic heterocycles. The van der Waals surface area contributed by atoms with E-state index in [1.165, 1.54) is 0 Å². The van der Waals surface area contributed by atoms with Crippen LogP contribution in [-0.4, -0.2) is 0 Å². The third-order valence-electron chi connectivity index (χ3n) is 2.54. The van der Waals surface area contributed by atoms with Gasteiger partial charge in [0.2, 0.25) is 0 Å². The van der Waals surface area contributed by atoms with E-state index >= 15 is 0 Å². The van der Waals surface area contributed by atoms with E-state index in [0.717, 1.165) is 21.3 Å². The molecular formula is C14H11BrCl2O. The van der Waals surface area contributed by atoms with Crippen molar-refractivity contribution in [2.24, 2.45) is 0 Å². The van der Waals surface area contributed by atoms with E-state index < -0.39 is 0 Å². The second kappa shape index (κ2) is 5.96. The molecule has 0 unspecified atom stereocenters. The van der Waals surface area contributed by atoms with Crippen LogP contribution in [0.2, 0.25) is 5.02 Å². The minimum Gasteiger partial charge on any atom is -0.455 e. The fourth-order valence-corrected chi connectivity index (χ4v) is 2.53. The number of halogens is 3. The van der Waals surface area contributed by atoms with Gasteiger partial charge in [0.15, 0.2) is 0 Å². The molecule has 18 heavy (non-hydrogen) atoms. The lowest BCUT2D eigenvalue weighted by atomic mass is 10.2. The van der Waals surface area contributed by atoms with E-state index in [1.807, 2.05) is 37.3 Å². The predicted octanol–water partition coefficient (Wildman–Crippen LogP) is 5.94. The summed E-state index contributed by atoms with van der Waals surface area (Å²) in [5, 5.41) is 0.565. The SMILES string of the molecule is Cc1cc(Br)ccc1Oc1c(Cl)cccc1CCl. The quantitative estimate of drug-likeness (QED) is 0.625. The summed E-state index contributed by atoms with van der Waals surface area (Å²) < 4.78 is 6.90. The molecule has 4 heteroatoms. The lowest BCUT2D eigenvalue weighted by molar-refractivity contribution is 0.475. The number of aryl methyl sites for hydroxylation is 1. The van der Waals surface area contributed by atoms with Crippen molar-refractivity contribution in [3.8, 4) is 11.5 Å². The molecule has 0 atom stereocenters. The Morgan fingerprint density at radius 1 is 1.22 bits per heavy atom. The lowest BCUT2D eigenvalue weighted by Gasteiger charge is -2.13. The Hall–Kier alpha value is -0.700. The molecule has 2 aromatic carbocycles. The summed E-state index contributed by atoms with van der Waals surface area (Å²) in [6.45, 7) is 1.98. The predicted molar refractivity (Wildman–Crippen MR) is 80.0 cm³/mol. The van der Waals surface area contributed by atoms with Crippen molar-refractivity contribution in [2.75, 3.05) is 0 Å². The van der Waals surface area contributed by atoms with Gasteiger partial charge in [-0.15, -0.1) is 11.6 Å². The Kier molecular flexibility index (Phi) is 4.55. The topological polar surface area (TPSA) is 9.23 Å². The average molecular weight is 346 g/mol. The highest BCUT2D eigenvalue weighted by Crippen LogP contribution is 2.35. The Bertz CT molecular complexity index is 570. The highest BCUT2D eigenvalue weighted by atomic mass is 79.9. The van der Waals surface area contributed by atoms with Crippen LogP contribution in [0.1, 0.15) is 11.1 Å².